The minimum atomic E-state index is -0.298. The van der Waals surface area contributed by atoms with Gasteiger partial charge in [0.05, 0.1) is 29.8 Å². The SMILES string of the molecule is C=C(O)Cc1cn(-c2ccc(F)cc2)nn1. The van der Waals surface area contributed by atoms with E-state index in [9.17, 15) is 4.39 Å². The van der Waals surface area contributed by atoms with E-state index in [0.717, 1.165) is 0 Å². The van der Waals surface area contributed by atoms with Gasteiger partial charge < -0.3 is 5.11 Å². The topological polar surface area (TPSA) is 50.9 Å². The molecule has 0 aliphatic rings. The highest BCUT2D eigenvalue weighted by Gasteiger charge is 2.03. The molecule has 2 rings (SSSR count). The van der Waals surface area contributed by atoms with Gasteiger partial charge in [-0.15, -0.1) is 5.10 Å². The monoisotopic (exact) mass is 219 g/mol. The molecule has 1 aromatic carbocycles. The summed E-state index contributed by atoms with van der Waals surface area (Å²) >= 11 is 0. The minimum Gasteiger partial charge on any atom is -0.513 e. The first-order valence-corrected chi connectivity index (χ1v) is 4.69. The second-order valence-electron chi connectivity index (χ2n) is 3.37. The van der Waals surface area contributed by atoms with E-state index < -0.39 is 0 Å². The number of benzene rings is 1. The summed E-state index contributed by atoms with van der Waals surface area (Å²) < 4.78 is 14.2. The Bertz CT molecular complexity index is 504. The second kappa shape index (κ2) is 4.14. The highest BCUT2D eigenvalue weighted by molar-refractivity contribution is 5.30. The van der Waals surface area contributed by atoms with Gasteiger partial charge in [-0.05, 0) is 24.3 Å². The van der Waals surface area contributed by atoms with Gasteiger partial charge in [-0.2, -0.15) is 0 Å². The smallest absolute Gasteiger partial charge is 0.123 e. The Morgan fingerprint density at radius 3 is 2.69 bits per heavy atom. The number of nitrogens with zero attached hydrogens (tertiary/aromatic N) is 3. The molecule has 1 aromatic heterocycles. The number of aliphatic hydroxyl groups is 1. The largest absolute Gasteiger partial charge is 0.513 e. The average Bonchev–Trinajstić information content (AvgIpc) is 2.66. The van der Waals surface area contributed by atoms with Crippen LogP contribution in [0.3, 0.4) is 0 Å². The van der Waals surface area contributed by atoms with Gasteiger partial charge in [-0.25, -0.2) is 9.07 Å². The standard InChI is InChI=1S/C11H10FN3O/c1-8(16)6-10-7-15(14-13-10)11-4-2-9(12)3-5-11/h2-5,7,16H,1,6H2. The fourth-order valence-corrected chi connectivity index (χ4v) is 1.31. The number of aliphatic hydroxyl groups excluding tert-OH is 1. The van der Waals surface area contributed by atoms with E-state index in [1.807, 2.05) is 0 Å². The molecule has 5 heteroatoms. The highest BCUT2D eigenvalue weighted by atomic mass is 19.1. The number of allylic oxidation sites excluding steroid dienone is 1. The third-order valence-electron chi connectivity index (χ3n) is 2.02. The van der Waals surface area contributed by atoms with E-state index in [1.165, 1.54) is 16.8 Å². The molecule has 0 atom stereocenters. The zero-order valence-corrected chi connectivity index (χ0v) is 8.47. The normalized spacial score (nSPS) is 10.3. The number of rotatable bonds is 3. The Hall–Kier alpha value is -2.17. The zero-order chi connectivity index (χ0) is 11.5. The summed E-state index contributed by atoms with van der Waals surface area (Å²) in [6, 6.07) is 5.90. The van der Waals surface area contributed by atoms with E-state index in [4.69, 9.17) is 5.11 Å². The predicted molar refractivity (Wildman–Crippen MR) is 56.8 cm³/mol. The molecule has 0 saturated carbocycles. The first-order chi connectivity index (χ1) is 7.65. The molecular weight excluding hydrogens is 209 g/mol. The van der Waals surface area contributed by atoms with Crippen LogP contribution in [-0.4, -0.2) is 20.1 Å². The summed E-state index contributed by atoms with van der Waals surface area (Å²) in [6.07, 6.45) is 1.93. The van der Waals surface area contributed by atoms with E-state index in [0.29, 0.717) is 11.4 Å². The van der Waals surface area contributed by atoms with E-state index >= 15 is 0 Å². The summed E-state index contributed by atoms with van der Waals surface area (Å²) in [7, 11) is 0. The summed E-state index contributed by atoms with van der Waals surface area (Å²) in [6.45, 7) is 3.37. The lowest BCUT2D eigenvalue weighted by Crippen LogP contribution is -1.94. The van der Waals surface area contributed by atoms with Crippen molar-refractivity contribution in [3.8, 4) is 5.69 Å². The van der Waals surface area contributed by atoms with Crippen LogP contribution in [0, 0.1) is 5.82 Å². The molecule has 82 valence electrons. The maximum atomic E-state index is 12.7. The highest BCUT2D eigenvalue weighted by Crippen LogP contribution is 2.09. The van der Waals surface area contributed by atoms with Crippen molar-refractivity contribution in [2.75, 3.05) is 0 Å². The van der Waals surface area contributed by atoms with Crippen LogP contribution < -0.4 is 0 Å². The molecule has 2 aromatic rings. The molecule has 0 aliphatic heterocycles. The van der Waals surface area contributed by atoms with Crippen LogP contribution in [0.4, 0.5) is 4.39 Å². The van der Waals surface area contributed by atoms with E-state index in [2.05, 4.69) is 16.9 Å². The first kappa shape index (κ1) is 10.4. The van der Waals surface area contributed by atoms with Gasteiger partial charge >= 0.3 is 0 Å². The number of halogens is 1. The predicted octanol–water partition coefficient (Wildman–Crippen LogP) is 2.02. The van der Waals surface area contributed by atoms with Crippen molar-refractivity contribution in [1.29, 1.82) is 0 Å². The molecule has 0 fully saturated rings. The molecule has 0 aliphatic carbocycles. The molecule has 0 amide bonds. The third-order valence-corrected chi connectivity index (χ3v) is 2.02. The number of aromatic nitrogens is 3. The summed E-state index contributed by atoms with van der Waals surface area (Å²) in [5.41, 5.74) is 1.32. The maximum absolute atomic E-state index is 12.7. The molecule has 0 radical (unpaired) electrons. The van der Waals surface area contributed by atoms with E-state index in [-0.39, 0.29) is 18.0 Å². The van der Waals surface area contributed by atoms with Crippen LogP contribution >= 0.6 is 0 Å². The van der Waals surface area contributed by atoms with Crippen molar-refractivity contribution in [3.05, 3.63) is 54.3 Å². The Morgan fingerprint density at radius 2 is 2.06 bits per heavy atom. The van der Waals surface area contributed by atoms with Gasteiger partial charge in [0.2, 0.25) is 0 Å². The fourth-order valence-electron chi connectivity index (χ4n) is 1.31. The summed E-state index contributed by atoms with van der Waals surface area (Å²) in [5.74, 6) is -0.265. The first-order valence-electron chi connectivity index (χ1n) is 4.69. The third kappa shape index (κ3) is 2.25. The lowest BCUT2D eigenvalue weighted by molar-refractivity contribution is 0.400. The lowest BCUT2D eigenvalue weighted by atomic mass is 10.3. The molecular formula is C11H10FN3O. The van der Waals surface area contributed by atoms with Crippen LogP contribution in [0.15, 0.2) is 42.8 Å². The summed E-state index contributed by atoms with van der Waals surface area (Å²) in [5, 5.41) is 16.7. The van der Waals surface area contributed by atoms with Crippen LogP contribution in [0.5, 0.6) is 0 Å². The molecule has 4 nitrogen and oxygen atoms in total. The summed E-state index contributed by atoms with van der Waals surface area (Å²) in [4.78, 5) is 0. The minimum absolute atomic E-state index is 0.0335. The average molecular weight is 219 g/mol. The van der Waals surface area contributed by atoms with Crippen molar-refractivity contribution in [3.63, 3.8) is 0 Å². The Labute approximate surface area is 91.6 Å². The van der Waals surface area contributed by atoms with Crippen LogP contribution in [0.1, 0.15) is 5.69 Å². The Morgan fingerprint density at radius 1 is 1.38 bits per heavy atom. The van der Waals surface area contributed by atoms with Gasteiger partial charge in [0.1, 0.15) is 5.82 Å². The van der Waals surface area contributed by atoms with Crippen molar-refractivity contribution >= 4 is 0 Å². The molecule has 16 heavy (non-hydrogen) atoms. The van der Waals surface area contributed by atoms with E-state index in [1.54, 1.807) is 18.3 Å². The lowest BCUT2D eigenvalue weighted by Gasteiger charge is -1.98. The molecule has 0 unspecified atom stereocenters. The molecule has 0 bridgehead atoms. The molecule has 0 spiro atoms. The molecule has 0 saturated heterocycles. The Kier molecular flexibility index (Phi) is 2.68. The molecule has 1 heterocycles. The quantitative estimate of drug-likeness (QED) is 0.803. The maximum Gasteiger partial charge on any atom is 0.123 e. The van der Waals surface area contributed by atoms with Gasteiger partial charge in [0.15, 0.2) is 0 Å². The van der Waals surface area contributed by atoms with Crippen molar-refractivity contribution in [2.45, 2.75) is 6.42 Å². The van der Waals surface area contributed by atoms with Gasteiger partial charge in [0, 0.05) is 0 Å². The number of hydrogen-bond acceptors (Lipinski definition) is 3. The van der Waals surface area contributed by atoms with Crippen LogP contribution in [-0.2, 0) is 6.42 Å². The van der Waals surface area contributed by atoms with Gasteiger partial charge in [-0.1, -0.05) is 11.8 Å². The second-order valence-corrected chi connectivity index (χ2v) is 3.37. The Balaban J connectivity index is 2.24. The van der Waals surface area contributed by atoms with Crippen molar-refractivity contribution in [2.24, 2.45) is 0 Å². The zero-order valence-electron chi connectivity index (χ0n) is 8.47. The van der Waals surface area contributed by atoms with Gasteiger partial charge in [0.25, 0.3) is 0 Å². The van der Waals surface area contributed by atoms with Crippen LogP contribution in [0.2, 0.25) is 0 Å². The number of hydrogen-bond donors (Lipinski definition) is 1. The fraction of sp³-hybridized carbons (Fsp3) is 0.0909. The van der Waals surface area contributed by atoms with Crippen molar-refractivity contribution < 1.29 is 9.50 Å². The van der Waals surface area contributed by atoms with Crippen LogP contribution in [0.25, 0.3) is 5.69 Å². The molecule has 1 N–H and O–H groups in total. The van der Waals surface area contributed by atoms with Gasteiger partial charge in [-0.3, -0.25) is 0 Å². The van der Waals surface area contributed by atoms with Crippen molar-refractivity contribution in [1.82, 2.24) is 15.0 Å².